The van der Waals surface area contributed by atoms with Gasteiger partial charge in [0, 0.05) is 47.0 Å². The number of halogens is 2. The maximum Gasteiger partial charge on any atom is 0.245 e. The van der Waals surface area contributed by atoms with Gasteiger partial charge in [-0.3, -0.25) is 19.2 Å². The fourth-order valence-corrected chi connectivity index (χ4v) is 8.40. The van der Waals surface area contributed by atoms with E-state index in [2.05, 4.69) is 31.2 Å². The first-order valence-electron chi connectivity index (χ1n) is 20.1. The van der Waals surface area contributed by atoms with Crippen LogP contribution in [0, 0.1) is 11.6 Å². The van der Waals surface area contributed by atoms with Crippen molar-refractivity contribution >= 4 is 45.4 Å². The van der Waals surface area contributed by atoms with E-state index in [9.17, 15) is 33.1 Å². The highest BCUT2D eigenvalue weighted by Crippen LogP contribution is 2.40. The largest absolute Gasteiger partial charge is 0.391 e. The molecule has 13 nitrogen and oxygen atoms in total. The molecule has 57 heavy (non-hydrogen) atoms. The molecule has 7 atom stereocenters. The van der Waals surface area contributed by atoms with Crippen LogP contribution in [0.2, 0.25) is 0 Å². The van der Waals surface area contributed by atoms with Crippen molar-refractivity contribution in [1.82, 2.24) is 41.0 Å². The van der Waals surface area contributed by atoms with Crippen molar-refractivity contribution in [3.63, 3.8) is 0 Å². The number of β-amino-alcohol motifs (C(OH)–C–C–N with tert-alkyl or cyclic N) is 1. The molecule has 0 bridgehead atoms. The number of hydrogen-bond donors (Lipinski definition) is 7. The Bertz CT molecular complexity index is 2120. The zero-order chi connectivity index (χ0) is 41.1. The van der Waals surface area contributed by atoms with E-state index >= 15 is 0 Å². The number of carbonyl (C=O) groups is 4. The molecule has 15 heteroatoms. The average molecular weight is 791 g/mol. The molecule has 2 aliphatic heterocycles. The molecule has 2 aromatic heterocycles. The van der Waals surface area contributed by atoms with E-state index in [1.165, 1.54) is 24.3 Å². The maximum absolute atomic E-state index is 14.8. The van der Waals surface area contributed by atoms with Crippen LogP contribution in [0.3, 0.4) is 0 Å². The first-order valence-corrected chi connectivity index (χ1v) is 20.1. The van der Waals surface area contributed by atoms with Crippen molar-refractivity contribution < 1.29 is 33.1 Å². The molecule has 4 heterocycles. The molecule has 4 aromatic rings. The monoisotopic (exact) mass is 790 g/mol. The Morgan fingerprint density at radius 3 is 1.72 bits per heavy atom. The summed E-state index contributed by atoms with van der Waals surface area (Å²) in [6.07, 6.45) is 2.50. The second-order valence-corrected chi connectivity index (χ2v) is 15.6. The maximum atomic E-state index is 14.8. The van der Waals surface area contributed by atoms with Crippen molar-refractivity contribution in [2.45, 2.75) is 115 Å². The summed E-state index contributed by atoms with van der Waals surface area (Å²) in [5.41, 5.74) is 3.99. The zero-order valence-electron chi connectivity index (χ0n) is 33.6. The number of nitrogens with one attached hydrogen (secondary N) is 6. The summed E-state index contributed by atoms with van der Waals surface area (Å²) in [6, 6.07) is 5.90. The third-order valence-electron chi connectivity index (χ3n) is 11.9. The summed E-state index contributed by atoms with van der Waals surface area (Å²) in [7, 11) is 3.35. The topological polar surface area (TPSA) is 175 Å². The Morgan fingerprint density at radius 2 is 1.25 bits per heavy atom. The number of rotatable bonds is 15. The molecule has 0 radical (unpaired) electrons. The Labute approximate surface area is 331 Å². The van der Waals surface area contributed by atoms with Gasteiger partial charge in [0.15, 0.2) is 0 Å². The van der Waals surface area contributed by atoms with Gasteiger partial charge in [-0.05, 0) is 120 Å². The molecule has 2 aromatic carbocycles. The highest BCUT2D eigenvalue weighted by atomic mass is 19.1. The minimum absolute atomic E-state index is 0.0965. The number of H-pyrrole nitrogens is 2. The van der Waals surface area contributed by atoms with Crippen LogP contribution in [-0.4, -0.2) is 118 Å². The van der Waals surface area contributed by atoms with Crippen LogP contribution in [-0.2, 0) is 32.0 Å². The number of likely N-dealkylation sites (tertiary alicyclic amines) is 2. The number of benzene rings is 2. The molecule has 308 valence electrons. The Balaban J connectivity index is 1.38. The van der Waals surface area contributed by atoms with Crippen LogP contribution in [0.15, 0.2) is 36.4 Å². The summed E-state index contributed by atoms with van der Waals surface area (Å²) >= 11 is 0. The summed E-state index contributed by atoms with van der Waals surface area (Å²) in [5, 5.41) is 24.0. The predicted octanol–water partition coefficient (Wildman–Crippen LogP) is 3.64. The van der Waals surface area contributed by atoms with Crippen LogP contribution >= 0.6 is 0 Å². The summed E-state index contributed by atoms with van der Waals surface area (Å²) in [6.45, 7) is 7.76. The predicted molar refractivity (Wildman–Crippen MR) is 215 cm³/mol. The van der Waals surface area contributed by atoms with Crippen LogP contribution in [0.5, 0.6) is 0 Å². The van der Waals surface area contributed by atoms with E-state index in [1.54, 1.807) is 45.0 Å². The molecule has 0 unspecified atom stereocenters. The zero-order valence-corrected chi connectivity index (χ0v) is 33.6. The number of aliphatic hydroxyl groups excluding tert-OH is 1. The smallest absolute Gasteiger partial charge is 0.245 e. The molecule has 4 amide bonds. The van der Waals surface area contributed by atoms with Gasteiger partial charge in [-0.1, -0.05) is 13.8 Å². The van der Waals surface area contributed by atoms with Gasteiger partial charge in [-0.25, -0.2) is 8.78 Å². The highest BCUT2D eigenvalue weighted by molar-refractivity contribution is 5.97. The van der Waals surface area contributed by atoms with E-state index in [0.29, 0.717) is 61.1 Å². The van der Waals surface area contributed by atoms with E-state index in [1.807, 2.05) is 18.7 Å². The average Bonchev–Trinajstić information content (AvgIpc) is 3.99. The van der Waals surface area contributed by atoms with Gasteiger partial charge in [0.2, 0.25) is 23.6 Å². The highest BCUT2D eigenvalue weighted by Gasteiger charge is 2.39. The molecule has 0 spiro atoms. The minimum atomic E-state index is -0.794. The third kappa shape index (κ3) is 8.70. The molecular weight excluding hydrogens is 735 g/mol. The van der Waals surface area contributed by atoms with Crippen LogP contribution < -0.4 is 21.3 Å². The molecule has 2 fully saturated rings. The van der Waals surface area contributed by atoms with Gasteiger partial charge in [-0.2, -0.15) is 0 Å². The molecule has 6 rings (SSSR count). The quantitative estimate of drug-likeness (QED) is 0.0963. The number of likely N-dealkylation sites (N-methyl/N-ethyl adjacent to an activating group) is 2. The van der Waals surface area contributed by atoms with E-state index in [0.717, 1.165) is 34.7 Å². The second-order valence-electron chi connectivity index (χ2n) is 15.6. The van der Waals surface area contributed by atoms with E-state index < -0.39 is 47.9 Å². The summed E-state index contributed by atoms with van der Waals surface area (Å²) in [4.78, 5) is 64.0. The first kappa shape index (κ1) is 41.8. The van der Waals surface area contributed by atoms with Crippen LogP contribution in [0.1, 0.15) is 70.9 Å². The number of aromatic nitrogens is 2. The van der Waals surface area contributed by atoms with Crippen molar-refractivity contribution in [1.29, 1.82) is 0 Å². The molecule has 2 aliphatic rings. The summed E-state index contributed by atoms with van der Waals surface area (Å²) < 4.78 is 29.5. The van der Waals surface area contributed by atoms with Gasteiger partial charge < -0.3 is 46.1 Å². The lowest BCUT2D eigenvalue weighted by Crippen LogP contribution is -2.53. The first-order chi connectivity index (χ1) is 27.3. The van der Waals surface area contributed by atoms with Gasteiger partial charge in [-0.15, -0.1) is 0 Å². The molecule has 0 saturated carbocycles. The normalized spacial score (nSPS) is 20.5. The number of fused-ring (bicyclic) bond motifs is 2. The number of aromatic amines is 2. The number of nitrogens with zero attached hydrogens (tertiary/aromatic N) is 2. The Kier molecular flexibility index (Phi) is 13.0. The Morgan fingerprint density at radius 1 is 0.772 bits per heavy atom. The molecule has 2 saturated heterocycles. The number of amides is 4. The molecule has 0 aliphatic carbocycles. The number of aliphatic hydroxyl groups is 1. The van der Waals surface area contributed by atoms with E-state index in [4.69, 9.17) is 0 Å². The van der Waals surface area contributed by atoms with Crippen LogP contribution in [0.25, 0.3) is 33.2 Å². The standard InChI is InChI=1S/C42H56F2N8O5/c1-7-33(49-39(54)22(3)45-5)41(56)51-15-9-10-26(51)19-31-29-13-11-24(43)16-35(29)47-37(31)38-32(30-14-12-25(44)17-36(30)48-38)20-27-18-28(53)21-52(27)42(57)34(8-2)50-40(55)23(4)46-6/h11-14,16-17,22-23,26-28,33-34,45-48,53H,7-10,15,18-21H2,1-6H3,(H,49,54)(H,50,55)/t22-,23-,26-,27-,28-,33-,34-/m0/s1. The van der Waals surface area contributed by atoms with Crippen molar-refractivity contribution in [2.75, 3.05) is 27.2 Å². The molecule has 7 N–H and O–H groups in total. The number of carbonyl (C=O) groups excluding carboxylic acids is 4. The van der Waals surface area contributed by atoms with Crippen molar-refractivity contribution in [3.05, 3.63) is 59.2 Å². The van der Waals surface area contributed by atoms with Gasteiger partial charge in [0.05, 0.1) is 29.6 Å². The fraction of sp³-hybridized carbons (Fsp3) is 0.524. The molecular formula is C42H56F2N8O5. The lowest BCUT2D eigenvalue weighted by atomic mass is 9.95. The summed E-state index contributed by atoms with van der Waals surface area (Å²) in [5.74, 6) is -1.88. The van der Waals surface area contributed by atoms with Gasteiger partial charge in [0.25, 0.3) is 0 Å². The van der Waals surface area contributed by atoms with Gasteiger partial charge in [0.1, 0.15) is 23.7 Å². The number of hydrogen-bond acceptors (Lipinski definition) is 7. The van der Waals surface area contributed by atoms with Gasteiger partial charge >= 0.3 is 0 Å². The van der Waals surface area contributed by atoms with Crippen molar-refractivity contribution in [3.8, 4) is 11.4 Å². The Hall–Kier alpha value is -4.86. The van der Waals surface area contributed by atoms with E-state index in [-0.39, 0.29) is 36.2 Å². The fourth-order valence-electron chi connectivity index (χ4n) is 8.40. The second kappa shape index (κ2) is 17.7. The third-order valence-corrected chi connectivity index (χ3v) is 11.9. The lowest BCUT2D eigenvalue weighted by Gasteiger charge is -2.30. The lowest BCUT2D eigenvalue weighted by molar-refractivity contribution is -0.137. The minimum Gasteiger partial charge on any atom is -0.391 e. The van der Waals surface area contributed by atoms with Crippen molar-refractivity contribution in [2.24, 2.45) is 0 Å². The SMILES string of the molecule is CC[C@H](NC(=O)[C@H](C)NC)C(=O)N1CCC[C@H]1Cc1c(-c2[nH]c3cc(F)ccc3c2C[C@@H]2C[C@H](O)CN2C(=O)[C@H](CC)NC(=O)[C@H](C)NC)[nH]c2cc(F)ccc12. The van der Waals surface area contributed by atoms with Crippen LogP contribution in [0.4, 0.5) is 8.78 Å².